The molecule has 0 saturated heterocycles. The van der Waals surface area contributed by atoms with Gasteiger partial charge in [-0.05, 0) is 38.2 Å². The van der Waals surface area contributed by atoms with Gasteiger partial charge in [0, 0.05) is 4.88 Å². The normalized spacial score (nSPS) is 15.9. The Balaban J connectivity index is 1.78. The molecule has 114 valence electrons. The molecule has 0 bridgehead atoms. The lowest BCUT2D eigenvalue weighted by Gasteiger charge is -2.15. The predicted molar refractivity (Wildman–Crippen MR) is 85.3 cm³/mol. The molecule has 1 aliphatic rings. The van der Waals surface area contributed by atoms with Gasteiger partial charge in [-0.3, -0.25) is 14.0 Å². The summed E-state index contributed by atoms with van der Waals surface area (Å²) in [5.41, 5.74) is 1.32. The Morgan fingerprint density at radius 3 is 3.00 bits per heavy atom. The molecule has 0 N–H and O–H groups in total. The molecule has 0 radical (unpaired) electrons. The number of nitrogens with zero attached hydrogens (tertiary/aromatic N) is 5. The first-order valence-corrected chi connectivity index (χ1v) is 8.39. The highest BCUT2D eigenvalue weighted by Gasteiger charge is 2.21. The Labute approximate surface area is 131 Å². The van der Waals surface area contributed by atoms with Crippen LogP contribution in [0.2, 0.25) is 0 Å². The molecule has 3 aromatic rings. The molecular weight excluding hydrogens is 298 g/mol. The van der Waals surface area contributed by atoms with E-state index < -0.39 is 0 Å². The lowest BCUT2D eigenvalue weighted by atomic mass is 9.97. The molecule has 0 aromatic carbocycles. The van der Waals surface area contributed by atoms with Crippen molar-refractivity contribution in [2.24, 2.45) is 0 Å². The molecule has 22 heavy (non-hydrogen) atoms. The van der Waals surface area contributed by atoms with Crippen LogP contribution in [0.1, 0.15) is 36.2 Å². The van der Waals surface area contributed by atoms with Crippen molar-refractivity contribution in [3.05, 3.63) is 39.8 Å². The van der Waals surface area contributed by atoms with Crippen molar-refractivity contribution in [3.63, 3.8) is 0 Å². The summed E-state index contributed by atoms with van der Waals surface area (Å²) < 4.78 is 3.47. The van der Waals surface area contributed by atoms with Crippen LogP contribution in [0.3, 0.4) is 0 Å². The van der Waals surface area contributed by atoms with Crippen molar-refractivity contribution in [2.75, 3.05) is 0 Å². The predicted octanol–water partition coefficient (Wildman–Crippen LogP) is 2.19. The van der Waals surface area contributed by atoms with Crippen LogP contribution in [0, 0.1) is 0 Å². The third-order valence-corrected chi connectivity index (χ3v) is 5.49. The second-order valence-electron chi connectivity index (χ2n) is 5.81. The van der Waals surface area contributed by atoms with Gasteiger partial charge >= 0.3 is 0 Å². The summed E-state index contributed by atoms with van der Waals surface area (Å²) in [5, 5.41) is 4.95. The highest BCUT2D eigenvalue weighted by atomic mass is 32.1. The van der Waals surface area contributed by atoms with E-state index in [1.807, 2.05) is 6.92 Å². The molecule has 3 aromatic heterocycles. The minimum atomic E-state index is -0.00904. The zero-order valence-electron chi connectivity index (χ0n) is 12.4. The maximum Gasteiger partial charge on any atom is 0.262 e. The summed E-state index contributed by atoms with van der Waals surface area (Å²) in [4.78, 5) is 23.6. The van der Waals surface area contributed by atoms with Crippen molar-refractivity contribution in [3.8, 4) is 0 Å². The SMILES string of the molecule is CC(Cn1cncn1)n1cnc2sc3c(c2c1=O)CCCC3. The summed E-state index contributed by atoms with van der Waals surface area (Å²) in [6, 6.07) is -0.00904. The molecule has 0 saturated carbocycles. The van der Waals surface area contributed by atoms with E-state index in [0.29, 0.717) is 6.54 Å². The van der Waals surface area contributed by atoms with E-state index in [-0.39, 0.29) is 11.6 Å². The third kappa shape index (κ3) is 2.16. The zero-order chi connectivity index (χ0) is 15.1. The molecule has 6 nitrogen and oxygen atoms in total. The minimum absolute atomic E-state index is 0.00904. The number of aryl methyl sites for hydroxylation is 2. The van der Waals surface area contributed by atoms with Crippen molar-refractivity contribution >= 4 is 21.6 Å². The highest BCUT2D eigenvalue weighted by molar-refractivity contribution is 7.18. The monoisotopic (exact) mass is 315 g/mol. The first kappa shape index (κ1) is 13.6. The first-order valence-electron chi connectivity index (χ1n) is 7.58. The van der Waals surface area contributed by atoms with Crippen molar-refractivity contribution in [1.29, 1.82) is 0 Å². The third-order valence-electron chi connectivity index (χ3n) is 4.29. The molecule has 1 atom stereocenters. The van der Waals surface area contributed by atoms with E-state index in [1.165, 1.54) is 29.6 Å². The summed E-state index contributed by atoms with van der Waals surface area (Å²) in [5.74, 6) is 0. The molecule has 0 spiro atoms. The second kappa shape index (κ2) is 5.31. The largest absolute Gasteiger partial charge is 0.294 e. The van der Waals surface area contributed by atoms with Crippen molar-refractivity contribution in [2.45, 2.75) is 45.2 Å². The average Bonchev–Trinajstić information content (AvgIpc) is 3.14. The molecule has 3 heterocycles. The first-order chi connectivity index (χ1) is 10.7. The Kier molecular flexibility index (Phi) is 3.29. The van der Waals surface area contributed by atoms with Gasteiger partial charge in [-0.1, -0.05) is 0 Å². The fourth-order valence-corrected chi connectivity index (χ4v) is 4.38. The number of rotatable bonds is 3. The van der Waals surface area contributed by atoms with Gasteiger partial charge in [0.2, 0.25) is 0 Å². The highest BCUT2D eigenvalue weighted by Crippen LogP contribution is 2.33. The van der Waals surface area contributed by atoms with Crippen LogP contribution in [0.25, 0.3) is 10.2 Å². The van der Waals surface area contributed by atoms with Gasteiger partial charge in [0.15, 0.2) is 0 Å². The number of thiophene rings is 1. The maximum absolute atomic E-state index is 12.9. The lowest BCUT2D eigenvalue weighted by molar-refractivity contribution is 0.425. The van der Waals surface area contributed by atoms with Crippen LogP contribution in [0.15, 0.2) is 23.8 Å². The number of aromatic nitrogens is 5. The molecule has 0 amide bonds. The van der Waals surface area contributed by atoms with Gasteiger partial charge < -0.3 is 0 Å². The second-order valence-corrected chi connectivity index (χ2v) is 6.90. The zero-order valence-corrected chi connectivity index (χ0v) is 13.2. The van der Waals surface area contributed by atoms with E-state index in [2.05, 4.69) is 15.1 Å². The molecular formula is C15H17N5OS. The van der Waals surface area contributed by atoms with Crippen LogP contribution >= 0.6 is 11.3 Å². The molecule has 7 heteroatoms. The molecule has 1 unspecified atom stereocenters. The van der Waals surface area contributed by atoms with Gasteiger partial charge in [0.05, 0.1) is 24.3 Å². The van der Waals surface area contributed by atoms with Crippen LogP contribution in [-0.4, -0.2) is 24.3 Å². The smallest absolute Gasteiger partial charge is 0.262 e. The fraction of sp³-hybridized carbons (Fsp3) is 0.467. The topological polar surface area (TPSA) is 65.6 Å². The summed E-state index contributed by atoms with van der Waals surface area (Å²) in [7, 11) is 0. The van der Waals surface area contributed by atoms with Crippen LogP contribution in [0.5, 0.6) is 0 Å². The lowest BCUT2D eigenvalue weighted by Crippen LogP contribution is -2.26. The summed E-state index contributed by atoms with van der Waals surface area (Å²) in [6.07, 6.45) is 9.33. The molecule has 1 aliphatic carbocycles. The van der Waals surface area contributed by atoms with Crippen molar-refractivity contribution in [1.82, 2.24) is 24.3 Å². The number of fused-ring (bicyclic) bond motifs is 3. The Hall–Kier alpha value is -2.02. The Morgan fingerprint density at radius 2 is 2.18 bits per heavy atom. The minimum Gasteiger partial charge on any atom is -0.294 e. The van der Waals surface area contributed by atoms with Crippen molar-refractivity contribution < 1.29 is 0 Å². The number of hydrogen-bond acceptors (Lipinski definition) is 5. The number of hydrogen-bond donors (Lipinski definition) is 0. The van der Waals surface area contributed by atoms with Gasteiger partial charge in [-0.25, -0.2) is 9.97 Å². The molecule has 0 fully saturated rings. The maximum atomic E-state index is 12.9. The van der Waals surface area contributed by atoms with Gasteiger partial charge in [-0.15, -0.1) is 11.3 Å². The molecule has 0 aliphatic heterocycles. The van der Waals surface area contributed by atoms with E-state index in [4.69, 9.17) is 0 Å². The van der Waals surface area contributed by atoms with E-state index >= 15 is 0 Å². The van der Waals surface area contributed by atoms with Gasteiger partial charge in [-0.2, -0.15) is 5.10 Å². The summed E-state index contributed by atoms with van der Waals surface area (Å²) in [6.45, 7) is 2.62. The Morgan fingerprint density at radius 1 is 1.32 bits per heavy atom. The van der Waals surface area contributed by atoms with Gasteiger partial charge in [0.25, 0.3) is 5.56 Å². The molecule has 4 rings (SSSR count). The van der Waals surface area contributed by atoms with Crippen LogP contribution in [-0.2, 0) is 19.4 Å². The summed E-state index contributed by atoms with van der Waals surface area (Å²) >= 11 is 1.69. The van der Waals surface area contributed by atoms with E-state index in [0.717, 1.165) is 23.1 Å². The van der Waals surface area contributed by atoms with E-state index in [1.54, 1.807) is 33.2 Å². The fourth-order valence-electron chi connectivity index (χ4n) is 3.16. The van der Waals surface area contributed by atoms with Gasteiger partial charge in [0.1, 0.15) is 17.5 Å². The van der Waals surface area contributed by atoms with E-state index in [9.17, 15) is 4.79 Å². The average molecular weight is 315 g/mol. The van der Waals surface area contributed by atoms with Crippen LogP contribution < -0.4 is 5.56 Å². The Bertz CT molecular complexity index is 864. The van der Waals surface area contributed by atoms with Crippen LogP contribution in [0.4, 0.5) is 0 Å². The quantitative estimate of drug-likeness (QED) is 0.743. The standard InChI is InChI=1S/C15H17N5OS/c1-10(6-19-8-16-7-18-19)20-9-17-14-13(15(20)21)11-4-2-3-5-12(11)22-14/h7-10H,2-6H2,1H3.